The Bertz CT molecular complexity index is 975. The van der Waals surface area contributed by atoms with Gasteiger partial charge >= 0.3 is 5.69 Å². The monoisotopic (exact) mass is 355 g/mol. The van der Waals surface area contributed by atoms with Gasteiger partial charge in [-0.3, -0.25) is 18.7 Å². The van der Waals surface area contributed by atoms with E-state index in [1.165, 1.54) is 17.6 Å². The number of nitrogens with zero attached hydrogens (tertiary/aromatic N) is 7. The summed E-state index contributed by atoms with van der Waals surface area (Å²) in [6.45, 7) is 8.00. The number of fused-ring (bicyclic) bond motifs is 1. The van der Waals surface area contributed by atoms with Crippen LogP contribution in [0.5, 0.6) is 0 Å². The van der Waals surface area contributed by atoms with Crippen molar-refractivity contribution in [1.29, 1.82) is 0 Å². The molecule has 138 valence electrons. The molecule has 1 aliphatic heterocycles. The summed E-state index contributed by atoms with van der Waals surface area (Å²) in [5.41, 5.74) is 4.07. The Balaban J connectivity index is 1.50. The molecule has 0 amide bonds. The highest BCUT2D eigenvalue weighted by Crippen LogP contribution is 2.25. The summed E-state index contributed by atoms with van der Waals surface area (Å²) in [4.78, 5) is 23.5. The molecule has 0 saturated carbocycles. The van der Waals surface area contributed by atoms with E-state index in [-0.39, 0.29) is 11.7 Å². The van der Waals surface area contributed by atoms with E-state index in [0.29, 0.717) is 0 Å². The van der Waals surface area contributed by atoms with E-state index in [2.05, 4.69) is 33.8 Å². The topological polar surface area (TPSA) is 73.8 Å². The molecular formula is C18H25N7O. The zero-order valence-corrected chi connectivity index (χ0v) is 15.6. The van der Waals surface area contributed by atoms with Gasteiger partial charge in [0.1, 0.15) is 11.8 Å². The smallest absolute Gasteiger partial charge is 0.299 e. The van der Waals surface area contributed by atoms with Gasteiger partial charge < -0.3 is 0 Å². The number of likely N-dealkylation sites (tertiary alicyclic amines) is 1. The second-order valence-corrected chi connectivity index (χ2v) is 7.02. The standard InChI is InChI=1S/C18H25N7O/c1-4-24-13(2)14(9-21-24)11-23-7-5-15(6-8-23)25-17-16(10-19-12-20-17)22(3)18(25)26/h9-10,12,15H,4-8,11H2,1-3H3. The van der Waals surface area contributed by atoms with Crippen molar-refractivity contribution in [2.45, 2.75) is 45.8 Å². The highest BCUT2D eigenvalue weighted by molar-refractivity contribution is 5.70. The molecule has 8 heteroatoms. The fraction of sp³-hybridized carbons (Fsp3) is 0.556. The Morgan fingerprint density at radius 2 is 2.00 bits per heavy atom. The van der Waals surface area contributed by atoms with Crippen LogP contribution in [0, 0.1) is 6.92 Å². The first-order valence-corrected chi connectivity index (χ1v) is 9.20. The molecule has 0 spiro atoms. The number of hydrogen-bond acceptors (Lipinski definition) is 5. The molecule has 0 radical (unpaired) electrons. The van der Waals surface area contributed by atoms with Crippen molar-refractivity contribution < 1.29 is 0 Å². The van der Waals surface area contributed by atoms with Crippen LogP contribution in [-0.4, -0.2) is 46.9 Å². The first kappa shape index (κ1) is 17.0. The Kier molecular flexibility index (Phi) is 4.36. The number of imidazole rings is 1. The minimum Gasteiger partial charge on any atom is -0.299 e. The summed E-state index contributed by atoms with van der Waals surface area (Å²) >= 11 is 0. The second kappa shape index (κ2) is 6.68. The lowest BCUT2D eigenvalue weighted by Crippen LogP contribution is -2.37. The van der Waals surface area contributed by atoms with Gasteiger partial charge in [0.2, 0.25) is 0 Å². The molecule has 1 fully saturated rings. The van der Waals surface area contributed by atoms with Gasteiger partial charge in [-0.1, -0.05) is 0 Å². The number of rotatable bonds is 4. The Hall–Kier alpha value is -2.48. The first-order chi connectivity index (χ1) is 12.6. The summed E-state index contributed by atoms with van der Waals surface area (Å²) in [5.74, 6) is 0. The fourth-order valence-corrected chi connectivity index (χ4v) is 3.96. The van der Waals surface area contributed by atoms with Crippen molar-refractivity contribution >= 4 is 11.2 Å². The van der Waals surface area contributed by atoms with Gasteiger partial charge in [0.15, 0.2) is 5.65 Å². The van der Waals surface area contributed by atoms with Gasteiger partial charge in [-0.2, -0.15) is 5.10 Å². The molecule has 1 aliphatic rings. The molecule has 3 aromatic rings. The van der Waals surface area contributed by atoms with Crippen LogP contribution in [0.1, 0.15) is 37.1 Å². The lowest BCUT2D eigenvalue weighted by Gasteiger charge is -2.32. The molecule has 4 rings (SSSR count). The fourth-order valence-electron chi connectivity index (χ4n) is 3.96. The summed E-state index contributed by atoms with van der Waals surface area (Å²) < 4.78 is 5.54. The SMILES string of the molecule is CCn1ncc(CN2CCC(n3c(=O)n(C)c4cncnc43)CC2)c1C. The largest absolute Gasteiger partial charge is 0.330 e. The average Bonchev–Trinajstić information content (AvgIpc) is 3.14. The Labute approximate surface area is 152 Å². The van der Waals surface area contributed by atoms with Gasteiger partial charge in [-0.05, 0) is 26.7 Å². The van der Waals surface area contributed by atoms with Crippen LogP contribution >= 0.6 is 0 Å². The lowest BCUT2D eigenvalue weighted by atomic mass is 10.0. The summed E-state index contributed by atoms with van der Waals surface area (Å²) in [6.07, 6.45) is 7.11. The molecule has 4 heterocycles. The number of aryl methyl sites for hydroxylation is 2. The molecule has 0 N–H and O–H groups in total. The molecule has 0 unspecified atom stereocenters. The molecule has 8 nitrogen and oxygen atoms in total. The maximum atomic E-state index is 12.7. The normalized spacial score (nSPS) is 16.6. The van der Waals surface area contributed by atoms with Gasteiger partial charge in [-0.15, -0.1) is 0 Å². The Morgan fingerprint density at radius 3 is 2.69 bits per heavy atom. The van der Waals surface area contributed by atoms with Gasteiger partial charge in [0, 0.05) is 50.5 Å². The molecule has 26 heavy (non-hydrogen) atoms. The highest BCUT2D eigenvalue weighted by atomic mass is 16.1. The van der Waals surface area contributed by atoms with Gasteiger partial charge in [-0.25, -0.2) is 14.8 Å². The maximum absolute atomic E-state index is 12.7. The molecule has 1 saturated heterocycles. The molecule has 0 bridgehead atoms. The predicted molar refractivity (Wildman–Crippen MR) is 99.0 cm³/mol. The third-order valence-corrected chi connectivity index (χ3v) is 5.58. The average molecular weight is 355 g/mol. The summed E-state index contributed by atoms with van der Waals surface area (Å²) in [6, 6.07) is 0.191. The van der Waals surface area contributed by atoms with Crippen molar-refractivity contribution in [3.8, 4) is 0 Å². The van der Waals surface area contributed by atoms with Gasteiger partial charge in [0.05, 0.1) is 12.4 Å². The van der Waals surface area contributed by atoms with Crippen molar-refractivity contribution in [2.24, 2.45) is 7.05 Å². The van der Waals surface area contributed by atoms with E-state index in [0.717, 1.165) is 50.2 Å². The predicted octanol–water partition coefficient (Wildman–Crippen LogP) is 1.49. The van der Waals surface area contributed by atoms with Gasteiger partial charge in [0.25, 0.3) is 0 Å². The van der Waals surface area contributed by atoms with Crippen LogP contribution in [0.3, 0.4) is 0 Å². The lowest BCUT2D eigenvalue weighted by molar-refractivity contribution is 0.179. The van der Waals surface area contributed by atoms with Crippen LogP contribution < -0.4 is 5.69 Å². The third-order valence-electron chi connectivity index (χ3n) is 5.58. The van der Waals surface area contributed by atoms with Crippen molar-refractivity contribution in [1.82, 2.24) is 33.8 Å². The molecular weight excluding hydrogens is 330 g/mol. The molecule has 0 atom stereocenters. The second-order valence-electron chi connectivity index (χ2n) is 7.02. The van der Waals surface area contributed by atoms with Crippen LogP contribution in [-0.2, 0) is 20.1 Å². The molecule has 0 aromatic carbocycles. The number of piperidine rings is 1. The Morgan fingerprint density at radius 1 is 1.23 bits per heavy atom. The van der Waals surface area contributed by atoms with Crippen molar-refractivity contribution in [3.05, 3.63) is 40.5 Å². The minimum atomic E-state index is -0.000911. The zero-order valence-electron chi connectivity index (χ0n) is 15.6. The van der Waals surface area contributed by atoms with Crippen LogP contribution in [0.2, 0.25) is 0 Å². The van der Waals surface area contributed by atoms with E-state index in [9.17, 15) is 4.79 Å². The molecule has 3 aromatic heterocycles. The van der Waals surface area contributed by atoms with E-state index in [4.69, 9.17) is 0 Å². The highest BCUT2D eigenvalue weighted by Gasteiger charge is 2.25. The maximum Gasteiger partial charge on any atom is 0.330 e. The number of hydrogen-bond donors (Lipinski definition) is 0. The summed E-state index contributed by atoms with van der Waals surface area (Å²) in [5, 5.41) is 4.44. The summed E-state index contributed by atoms with van der Waals surface area (Å²) in [7, 11) is 1.79. The quantitative estimate of drug-likeness (QED) is 0.709. The van der Waals surface area contributed by atoms with E-state index < -0.39 is 0 Å². The minimum absolute atomic E-state index is 0.000911. The van der Waals surface area contributed by atoms with Crippen LogP contribution in [0.4, 0.5) is 0 Å². The zero-order chi connectivity index (χ0) is 18.3. The van der Waals surface area contributed by atoms with Crippen molar-refractivity contribution in [3.63, 3.8) is 0 Å². The molecule has 0 aliphatic carbocycles. The number of aromatic nitrogens is 6. The third kappa shape index (κ3) is 2.74. The van der Waals surface area contributed by atoms with Crippen LogP contribution in [0.25, 0.3) is 11.2 Å². The first-order valence-electron chi connectivity index (χ1n) is 9.20. The van der Waals surface area contributed by atoms with Crippen molar-refractivity contribution in [2.75, 3.05) is 13.1 Å². The van der Waals surface area contributed by atoms with E-state index in [1.807, 2.05) is 15.4 Å². The van der Waals surface area contributed by atoms with E-state index >= 15 is 0 Å². The van der Waals surface area contributed by atoms with Crippen LogP contribution in [0.15, 0.2) is 23.5 Å². The van der Waals surface area contributed by atoms with E-state index in [1.54, 1.807) is 17.8 Å².